The number of pyridine rings is 2. The predicted octanol–water partition coefficient (Wildman–Crippen LogP) is 3.06. The normalized spacial score (nSPS) is 11.0. The number of benzene rings is 1. The van der Waals surface area contributed by atoms with Gasteiger partial charge in [0.15, 0.2) is 0 Å². The Balaban J connectivity index is 1.57. The van der Waals surface area contributed by atoms with E-state index in [1.807, 2.05) is 42.7 Å². The molecule has 4 aromatic rings. The third-order valence-corrected chi connectivity index (χ3v) is 4.75. The Morgan fingerprint density at radius 3 is 2.57 bits per heavy atom. The van der Waals surface area contributed by atoms with Crippen molar-refractivity contribution in [3.63, 3.8) is 0 Å². The van der Waals surface area contributed by atoms with Crippen LogP contribution in [-0.2, 0) is 13.0 Å². The predicted molar refractivity (Wildman–Crippen MR) is 110 cm³/mol. The van der Waals surface area contributed by atoms with Crippen molar-refractivity contribution in [2.75, 3.05) is 6.54 Å². The molecule has 1 amide bonds. The standard InChI is InChI=1S/C22H21N5O/c23-21(28)17-5-3-16(4-6-17)20-18-2-1-10-26-22(18)27-19(20)14-25-13-9-15-7-11-24-12-8-15/h1-8,10-12,25H,9,13-14H2,(H2,23,28)(H,26,27). The van der Waals surface area contributed by atoms with Gasteiger partial charge in [-0.1, -0.05) is 12.1 Å². The molecule has 3 heterocycles. The van der Waals surface area contributed by atoms with Crippen molar-refractivity contribution in [1.82, 2.24) is 20.3 Å². The van der Waals surface area contributed by atoms with Crippen molar-refractivity contribution in [2.45, 2.75) is 13.0 Å². The number of amides is 1. The molecule has 0 saturated carbocycles. The summed E-state index contributed by atoms with van der Waals surface area (Å²) in [6.45, 7) is 1.54. The van der Waals surface area contributed by atoms with E-state index < -0.39 is 5.91 Å². The number of hydrogen-bond donors (Lipinski definition) is 3. The van der Waals surface area contributed by atoms with Crippen molar-refractivity contribution in [3.05, 3.63) is 83.9 Å². The molecule has 0 aliphatic heterocycles. The molecule has 140 valence electrons. The van der Waals surface area contributed by atoms with Gasteiger partial charge in [0.25, 0.3) is 0 Å². The van der Waals surface area contributed by atoms with E-state index in [9.17, 15) is 4.79 Å². The minimum Gasteiger partial charge on any atom is -0.366 e. The van der Waals surface area contributed by atoms with Crippen molar-refractivity contribution in [1.29, 1.82) is 0 Å². The van der Waals surface area contributed by atoms with Gasteiger partial charge in [0, 0.05) is 47.3 Å². The summed E-state index contributed by atoms with van der Waals surface area (Å²) in [5.41, 5.74) is 11.1. The van der Waals surface area contributed by atoms with Crippen LogP contribution in [0.5, 0.6) is 0 Å². The van der Waals surface area contributed by atoms with E-state index in [4.69, 9.17) is 5.73 Å². The largest absolute Gasteiger partial charge is 0.366 e. The second-order valence-corrected chi connectivity index (χ2v) is 6.60. The van der Waals surface area contributed by atoms with Crippen LogP contribution in [0.25, 0.3) is 22.2 Å². The molecule has 0 fully saturated rings. The summed E-state index contributed by atoms with van der Waals surface area (Å²) in [6, 6.07) is 15.4. The first-order valence-corrected chi connectivity index (χ1v) is 9.18. The van der Waals surface area contributed by atoms with Crippen molar-refractivity contribution in [2.24, 2.45) is 5.73 Å². The Hall–Kier alpha value is -3.51. The molecule has 0 saturated heterocycles. The highest BCUT2D eigenvalue weighted by atomic mass is 16.1. The van der Waals surface area contributed by atoms with Gasteiger partial charge >= 0.3 is 0 Å². The van der Waals surface area contributed by atoms with Gasteiger partial charge in [-0.05, 0) is 60.5 Å². The average molecular weight is 371 g/mol. The Labute approximate surface area is 162 Å². The third kappa shape index (κ3) is 3.77. The third-order valence-electron chi connectivity index (χ3n) is 4.75. The molecule has 0 spiro atoms. The second kappa shape index (κ2) is 8.02. The number of fused-ring (bicyclic) bond motifs is 1. The number of carbonyl (C=O) groups excluding carboxylic acids is 1. The fourth-order valence-electron chi connectivity index (χ4n) is 3.33. The highest BCUT2D eigenvalue weighted by molar-refractivity contribution is 5.97. The second-order valence-electron chi connectivity index (χ2n) is 6.60. The number of nitrogens with one attached hydrogen (secondary N) is 2. The van der Waals surface area contributed by atoms with E-state index in [2.05, 4.69) is 26.3 Å². The summed E-state index contributed by atoms with van der Waals surface area (Å²) in [6.07, 6.45) is 6.34. The van der Waals surface area contributed by atoms with E-state index in [0.29, 0.717) is 12.1 Å². The Morgan fingerprint density at radius 2 is 1.82 bits per heavy atom. The maximum absolute atomic E-state index is 11.4. The molecule has 4 N–H and O–H groups in total. The first kappa shape index (κ1) is 17.9. The van der Waals surface area contributed by atoms with Gasteiger partial charge in [-0.25, -0.2) is 4.98 Å². The highest BCUT2D eigenvalue weighted by Gasteiger charge is 2.14. The van der Waals surface area contributed by atoms with E-state index in [1.165, 1.54) is 5.56 Å². The van der Waals surface area contributed by atoms with Crippen LogP contribution in [0.1, 0.15) is 21.6 Å². The van der Waals surface area contributed by atoms with E-state index in [0.717, 1.165) is 40.8 Å². The van der Waals surface area contributed by atoms with Gasteiger partial charge < -0.3 is 16.0 Å². The lowest BCUT2D eigenvalue weighted by Crippen LogP contribution is -2.17. The molecule has 0 atom stereocenters. The van der Waals surface area contributed by atoms with Crippen molar-refractivity contribution >= 4 is 16.9 Å². The average Bonchev–Trinajstić information content (AvgIpc) is 3.10. The minimum atomic E-state index is -0.426. The molecule has 0 unspecified atom stereocenters. The van der Waals surface area contributed by atoms with Crippen LogP contribution in [0.2, 0.25) is 0 Å². The zero-order chi connectivity index (χ0) is 19.3. The summed E-state index contributed by atoms with van der Waals surface area (Å²) in [5, 5.41) is 4.55. The number of hydrogen-bond acceptors (Lipinski definition) is 4. The van der Waals surface area contributed by atoms with Crippen LogP contribution in [0.3, 0.4) is 0 Å². The van der Waals surface area contributed by atoms with Gasteiger partial charge in [0.2, 0.25) is 5.91 Å². The lowest BCUT2D eigenvalue weighted by Gasteiger charge is -2.08. The smallest absolute Gasteiger partial charge is 0.248 e. The maximum atomic E-state index is 11.4. The van der Waals surface area contributed by atoms with Crippen LogP contribution < -0.4 is 11.1 Å². The number of rotatable bonds is 7. The molecular formula is C22H21N5O. The minimum absolute atomic E-state index is 0.426. The SMILES string of the molecule is NC(=O)c1ccc(-c2c(CNCCc3ccncc3)[nH]c3ncccc23)cc1. The molecule has 0 bridgehead atoms. The zero-order valence-electron chi connectivity index (χ0n) is 15.4. The van der Waals surface area contributed by atoms with Crippen LogP contribution in [0.15, 0.2) is 67.1 Å². The molecule has 0 aliphatic rings. The molecule has 1 aromatic carbocycles. The van der Waals surface area contributed by atoms with Gasteiger partial charge in [-0.15, -0.1) is 0 Å². The van der Waals surface area contributed by atoms with Crippen molar-refractivity contribution < 1.29 is 4.79 Å². The number of nitrogens with two attached hydrogens (primary N) is 1. The number of primary amides is 1. The summed E-state index contributed by atoms with van der Waals surface area (Å²) in [4.78, 5) is 23.3. The highest BCUT2D eigenvalue weighted by Crippen LogP contribution is 2.31. The zero-order valence-corrected chi connectivity index (χ0v) is 15.4. The van der Waals surface area contributed by atoms with Gasteiger partial charge in [-0.2, -0.15) is 0 Å². The van der Waals surface area contributed by atoms with Gasteiger partial charge in [-0.3, -0.25) is 9.78 Å². The monoisotopic (exact) mass is 371 g/mol. The van der Waals surface area contributed by atoms with E-state index in [1.54, 1.807) is 18.3 Å². The number of carbonyl (C=O) groups is 1. The number of aromatic nitrogens is 3. The van der Waals surface area contributed by atoms with Crippen LogP contribution in [-0.4, -0.2) is 27.4 Å². The van der Waals surface area contributed by atoms with E-state index in [-0.39, 0.29) is 0 Å². The molecular weight excluding hydrogens is 350 g/mol. The lowest BCUT2D eigenvalue weighted by molar-refractivity contribution is 0.100. The maximum Gasteiger partial charge on any atom is 0.248 e. The Morgan fingerprint density at radius 1 is 1.04 bits per heavy atom. The number of H-pyrrole nitrogens is 1. The summed E-state index contributed by atoms with van der Waals surface area (Å²) >= 11 is 0. The summed E-state index contributed by atoms with van der Waals surface area (Å²) in [7, 11) is 0. The first-order chi connectivity index (χ1) is 13.7. The van der Waals surface area contributed by atoms with Gasteiger partial charge in [0.1, 0.15) is 5.65 Å². The molecule has 6 nitrogen and oxygen atoms in total. The fourth-order valence-corrected chi connectivity index (χ4v) is 3.33. The number of nitrogens with zero attached hydrogens (tertiary/aromatic N) is 2. The van der Waals surface area contributed by atoms with Crippen LogP contribution >= 0.6 is 0 Å². The molecule has 0 radical (unpaired) electrons. The Kier molecular flexibility index (Phi) is 5.12. The lowest BCUT2D eigenvalue weighted by atomic mass is 10.0. The molecule has 4 rings (SSSR count). The quantitative estimate of drug-likeness (QED) is 0.435. The molecule has 6 heteroatoms. The Bertz CT molecular complexity index is 1090. The number of aromatic amines is 1. The molecule has 0 aliphatic carbocycles. The van der Waals surface area contributed by atoms with Crippen molar-refractivity contribution in [3.8, 4) is 11.1 Å². The van der Waals surface area contributed by atoms with Gasteiger partial charge in [0.05, 0.1) is 0 Å². The van der Waals surface area contributed by atoms with E-state index >= 15 is 0 Å². The fraction of sp³-hybridized carbons (Fsp3) is 0.136. The first-order valence-electron chi connectivity index (χ1n) is 9.18. The van der Waals surface area contributed by atoms with Crippen LogP contribution in [0.4, 0.5) is 0 Å². The summed E-state index contributed by atoms with van der Waals surface area (Å²) in [5.74, 6) is -0.426. The van der Waals surface area contributed by atoms with Crippen LogP contribution in [0, 0.1) is 0 Å². The molecule has 3 aromatic heterocycles. The molecule has 28 heavy (non-hydrogen) atoms. The summed E-state index contributed by atoms with van der Waals surface area (Å²) < 4.78 is 0. The topological polar surface area (TPSA) is 96.7 Å².